The minimum Gasteiger partial charge on any atom is -0.493 e. The number of rotatable bonds is 6. The molecule has 6 heteroatoms. The predicted octanol–water partition coefficient (Wildman–Crippen LogP) is 1.88. The number of halogens is 1. The highest BCUT2D eigenvalue weighted by atomic mass is 35.5. The smallest absolute Gasteiger partial charge is 0.237 e. The van der Waals surface area contributed by atoms with Crippen LogP contribution in [0.5, 0.6) is 17.2 Å². The summed E-state index contributed by atoms with van der Waals surface area (Å²) in [6.07, 6.45) is 0.744. The molecule has 1 aliphatic rings. The average molecular weight is 286 g/mol. The van der Waals surface area contributed by atoms with Gasteiger partial charge < -0.3 is 19.1 Å². The number of amides is 1. The fourth-order valence-electron chi connectivity index (χ4n) is 1.69. The van der Waals surface area contributed by atoms with Gasteiger partial charge in [-0.25, -0.2) is 0 Å². The number of carbonyl (C=O) groups is 1. The second-order valence-electron chi connectivity index (χ2n) is 4.17. The van der Waals surface area contributed by atoms with E-state index in [0.717, 1.165) is 17.9 Å². The lowest BCUT2D eigenvalue weighted by atomic mass is 10.3. The third-order valence-electron chi connectivity index (χ3n) is 2.79. The van der Waals surface area contributed by atoms with Crippen molar-refractivity contribution in [1.82, 2.24) is 4.90 Å². The number of fused-ring (bicyclic) bond motifs is 1. The lowest BCUT2D eigenvalue weighted by Crippen LogP contribution is -2.29. The van der Waals surface area contributed by atoms with E-state index < -0.39 is 0 Å². The van der Waals surface area contributed by atoms with Gasteiger partial charge in [-0.2, -0.15) is 0 Å². The minimum absolute atomic E-state index is 0.0134. The molecule has 5 nitrogen and oxygen atoms in total. The first-order valence-electron chi connectivity index (χ1n) is 6.03. The summed E-state index contributed by atoms with van der Waals surface area (Å²) in [5.74, 6) is 2.10. The Hall–Kier alpha value is -1.62. The summed E-state index contributed by atoms with van der Waals surface area (Å²) < 4.78 is 16.1. The molecule has 0 fully saturated rings. The molecule has 0 radical (unpaired) electrons. The molecule has 1 amide bonds. The van der Waals surface area contributed by atoms with Gasteiger partial charge in [-0.1, -0.05) is 0 Å². The van der Waals surface area contributed by atoms with Crippen LogP contribution in [0.15, 0.2) is 18.2 Å². The van der Waals surface area contributed by atoms with Crippen LogP contribution in [-0.2, 0) is 4.79 Å². The minimum atomic E-state index is -0.0789. The summed E-state index contributed by atoms with van der Waals surface area (Å²) in [6, 6.07) is 5.46. The zero-order valence-electron chi connectivity index (χ0n) is 10.7. The molecule has 19 heavy (non-hydrogen) atoms. The van der Waals surface area contributed by atoms with E-state index in [-0.39, 0.29) is 18.6 Å². The number of ether oxygens (including phenoxy) is 3. The standard InChI is InChI=1S/C13H16ClNO4/c1-15(13(16)8-14)5-2-6-17-10-3-4-11-12(7-10)19-9-18-11/h3-4,7H,2,5-6,8-9H2,1H3. The van der Waals surface area contributed by atoms with Crippen molar-refractivity contribution in [3.8, 4) is 17.2 Å². The maximum absolute atomic E-state index is 11.2. The van der Waals surface area contributed by atoms with Crippen LogP contribution >= 0.6 is 11.6 Å². The van der Waals surface area contributed by atoms with Crippen LogP contribution in [0.1, 0.15) is 6.42 Å². The number of carbonyl (C=O) groups excluding carboxylic acids is 1. The van der Waals surface area contributed by atoms with Crippen LogP contribution in [0.4, 0.5) is 0 Å². The van der Waals surface area contributed by atoms with Crippen LogP contribution in [0, 0.1) is 0 Å². The second kappa shape index (κ2) is 6.52. The molecule has 0 unspecified atom stereocenters. The molecule has 1 heterocycles. The predicted molar refractivity (Wildman–Crippen MR) is 71.0 cm³/mol. The van der Waals surface area contributed by atoms with Crippen molar-refractivity contribution in [2.45, 2.75) is 6.42 Å². The van der Waals surface area contributed by atoms with Crippen molar-refractivity contribution in [1.29, 1.82) is 0 Å². The zero-order valence-corrected chi connectivity index (χ0v) is 11.5. The average Bonchev–Trinajstić information content (AvgIpc) is 2.89. The summed E-state index contributed by atoms with van der Waals surface area (Å²) >= 11 is 5.46. The van der Waals surface area contributed by atoms with Gasteiger partial charge in [-0.15, -0.1) is 11.6 Å². The Morgan fingerprint density at radius 2 is 2.21 bits per heavy atom. The molecule has 0 saturated carbocycles. The molecule has 0 aromatic heterocycles. The van der Waals surface area contributed by atoms with Gasteiger partial charge in [-0.05, 0) is 18.6 Å². The van der Waals surface area contributed by atoms with Crippen molar-refractivity contribution in [3.05, 3.63) is 18.2 Å². The summed E-state index contributed by atoms with van der Waals surface area (Å²) in [5.41, 5.74) is 0. The Morgan fingerprint density at radius 1 is 1.42 bits per heavy atom. The zero-order chi connectivity index (χ0) is 13.7. The molecule has 0 aliphatic carbocycles. The SMILES string of the molecule is CN(CCCOc1ccc2c(c1)OCO2)C(=O)CCl. The maximum atomic E-state index is 11.2. The quantitative estimate of drug-likeness (QED) is 0.591. The van der Waals surface area contributed by atoms with Crippen LogP contribution in [-0.4, -0.2) is 43.7 Å². The molecular weight excluding hydrogens is 270 g/mol. The Balaban J connectivity index is 1.73. The van der Waals surface area contributed by atoms with Gasteiger partial charge in [0.05, 0.1) is 6.61 Å². The molecule has 1 aromatic rings. The van der Waals surface area contributed by atoms with Crippen molar-refractivity contribution < 1.29 is 19.0 Å². The van der Waals surface area contributed by atoms with Crippen molar-refractivity contribution >= 4 is 17.5 Å². The first-order valence-corrected chi connectivity index (χ1v) is 6.56. The highest BCUT2D eigenvalue weighted by Gasteiger charge is 2.13. The molecular formula is C13H16ClNO4. The van der Waals surface area contributed by atoms with E-state index in [1.165, 1.54) is 0 Å². The number of hydrogen-bond donors (Lipinski definition) is 0. The normalized spacial score (nSPS) is 12.3. The van der Waals surface area contributed by atoms with E-state index in [1.54, 1.807) is 18.0 Å². The topological polar surface area (TPSA) is 48.0 Å². The molecule has 2 rings (SSSR count). The van der Waals surface area contributed by atoms with Gasteiger partial charge in [-0.3, -0.25) is 4.79 Å². The first kappa shape index (κ1) is 13.8. The molecule has 0 saturated heterocycles. The fourth-order valence-corrected chi connectivity index (χ4v) is 1.89. The van der Waals surface area contributed by atoms with Crippen LogP contribution < -0.4 is 14.2 Å². The van der Waals surface area contributed by atoms with Gasteiger partial charge in [0.25, 0.3) is 0 Å². The van der Waals surface area contributed by atoms with Gasteiger partial charge in [0.2, 0.25) is 12.7 Å². The molecule has 1 aliphatic heterocycles. The number of hydrogen-bond acceptors (Lipinski definition) is 4. The molecule has 1 aromatic carbocycles. The Bertz CT molecular complexity index is 452. The van der Waals surface area contributed by atoms with Crippen molar-refractivity contribution in [2.75, 3.05) is 32.9 Å². The van der Waals surface area contributed by atoms with Gasteiger partial charge in [0, 0.05) is 19.7 Å². The van der Waals surface area contributed by atoms with Gasteiger partial charge >= 0.3 is 0 Å². The summed E-state index contributed by atoms with van der Waals surface area (Å²) in [6.45, 7) is 1.40. The highest BCUT2D eigenvalue weighted by Crippen LogP contribution is 2.35. The molecule has 0 bridgehead atoms. The van der Waals surface area contributed by atoms with E-state index in [1.807, 2.05) is 12.1 Å². The number of benzene rings is 1. The van der Waals surface area contributed by atoms with E-state index in [0.29, 0.717) is 18.9 Å². The first-order chi connectivity index (χ1) is 9.20. The van der Waals surface area contributed by atoms with Crippen LogP contribution in [0.25, 0.3) is 0 Å². The van der Waals surface area contributed by atoms with Crippen molar-refractivity contribution in [2.24, 2.45) is 0 Å². The second-order valence-corrected chi connectivity index (χ2v) is 4.43. The Kier molecular flexibility index (Phi) is 4.74. The van der Waals surface area contributed by atoms with Crippen LogP contribution in [0.2, 0.25) is 0 Å². The van der Waals surface area contributed by atoms with Crippen LogP contribution in [0.3, 0.4) is 0 Å². The van der Waals surface area contributed by atoms with E-state index in [2.05, 4.69) is 0 Å². The van der Waals surface area contributed by atoms with E-state index >= 15 is 0 Å². The van der Waals surface area contributed by atoms with Crippen molar-refractivity contribution in [3.63, 3.8) is 0 Å². The Morgan fingerprint density at radius 3 is 3.00 bits per heavy atom. The monoisotopic (exact) mass is 285 g/mol. The third kappa shape index (κ3) is 3.67. The lowest BCUT2D eigenvalue weighted by molar-refractivity contribution is -0.127. The molecule has 104 valence electrons. The van der Waals surface area contributed by atoms with Gasteiger partial charge in [0.15, 0.2) is 11.5 Å². The fraction of sp³-hybridized carbons (Fsp3) is 0.462. The Labute approximate surface area is 117 Å². The highest BCUT2D eigenvalue weighted by molar-refractivity contribution is 6.27. The number of nitrogens with zero attached hydrogens (tertiary/aromatic N) is 1. The number of alkyl halides is 1. The van der Waals surface area contributed by atoms with E-state index in [9.17, 15) is 4.79 Å². The summed E-state index contributed by atoms with van der Waals surface area (Å²) in [7, 11) is 1.73. The summed E-state index contributed by atoms with van der Waals surface area (Å²) in [5, 5.41) is 0. The molecule has 0 N–H and O–H groups in total. The van der Waals surface area contributed by atoms with Gasteiger partial charge in [0.1, 0.15) is 11.6 Å². The van der Waals surface area contributed by atoms with E-state index in [4.69, 9.17) is 25.8 Å². The maximum Gasteiger partial charge on any atom is 0.237 e. The lowest BCUT2D eigenvalue weighted by Gasteiger charge is -2.15. The largest absolute Gasteiger partial charge is 0.493 e. The molecule has 0 atom stereocenters. The summed E-state index contributed by atoms with van der Waals surface area (Å²) in [4.78, 5) is 12.8. The molecule has 0 spiro atoms. The third-order valence-corrected chi connectivity index (χ3v) is 3.02.